The first-order valence-electron chi connectivity index (χ1n) is 8.60. The molecule has 2 atom stereocenters. The first-order valence-corrected chi connectivity index (χ1v) is 9.98. The third-order valence-electron chi connectivity index (χ3n) is 3.83. The molecule has 0 saturated carbocycles. The van der Waals surface area contributed by atoms with Crippen LogP contribution in [0.25, 0.3) is 0 Å². The van der Waals surface area contributed by atoms with E-state index in [1.165, 1.54) is 51.4 Å². The van der Waals surface area contributed by atoms with E-state index < -0.39 is 22.0 Å². The van der Waals surface area contributed by atoms with Crippen molar-refractivity contribution in [1.82, 2.24) is 0 Å². The molecule has 0 rings (SSSR count). The van der Waals surface area contributed by atoms with E-state index in [0.29, 0.717) is 5.75 Å². The Balaban J connectivity index is 3.54. The van der Waals surface area contributed by atoms with Gasteiger partial charge in [0.2, 0.25) is 0 Å². The molecule has 0 radical (unpaired) electrons. The molecular formula is C17H34O3S. The molecule has 0 fully saturated rings. The largest absolute Gasteiger partial charge is 0.480 e. The fourth-order valence-electron chi connectivity index (χ4n) is 2.56. The number of aliphatic carboxylic acids is 1. The van der Waals surface area contributed by atoms with Crippen LogP contribution in [0.4, 0.5) is 0 Å². The number of unbranched alkanes of at least 4 members (excludes halogenated alkanes) is 9. The third-order valence-corrected chi connectivity index (χ3v) is 5.83. The van der Waals surface area contributed by atoms with Gasteiger partial charge in [-0.2, -0.15) is 0 Å². The minimum Gasteiger partial charge on any atom is -0.480 e. The molecule has 0 aliphatic heterocycles. The van der Waals surface area contributed by atoms with Crippen LogP contribution in [0.15, 0.2) is 0 Å². The lowest BCUT2D eigenvalue weighted by Crippen LogP contribution is -2.32. The van der Waals surface area contributed by atoms with Crippen LogP contribution in [-0.2, 0) is 15.6 Å². The van der Waals surface area contributed by atoms with E-state index in [1.54, 1.807) is 0 Å². The van der Waals surface area contributed by atoms with Crippen molar-refractivity contribution in [3.63, 3.8) is 0 Å². The molecule has 0 aliphatic carbocycles. The minimum absolute atomic E-state index is 0.0635. The molecule has 126 valence electrons. The van der Waals surface area contributed by atoms with Crippen LogP contribution in [0.2, 0.25) is 0 Å². The Labute approximate surface area is 133 Å². The smallest absolute Gasteiger partial charge is 0.319 e. The Bertz CT molecular complexity index is 290. The predicted octanol–water partition coefficient (Wildman–Crippen LogP) is 4.77. The zero-order valence-corrected chi connectivity index (χ0v) is 14.9. The number of carboxylic acids is 1. The summed E-state index contributed by atoms with van der Waals surface area (Å²) in [6.07, 6.45) is 12.4. The molecule has 0 heterocycles. The minimum atomic E-state index is -1.23. The highest BCUT2D eigenvalue weighted by atomic mass is 32.2. The molecule has 0 saturated heterocycles. The van der Waals surface area contributed by atoms with Crippen molar-refractivity contribution >= 4 is 16.8 Å². The zero-order chi connectivity index (χ0) is 16.1. The molecule has 0 aromatic heterocycles. The van der Waals surface area contributed by atoms with Gasteiger partial charge in [-0.1, -0.05) is 78.6 Å². The highest BCUT2D eigenvalue weighted by Crippen LogP contribution is 2.14. The number of hydrogen-bond donors (Lipinski definition) is 1. The lowest BCUT2D eigenvalue weighted by molar-refractivity contribution is -0.137. The van der Waals surface area contributed by atoms with Crippen molar-refractivity contribution in [3.8, 4) is 0 Å². The van der Waals surface area contributed by atoms with Gasteiger partial charge in [-0.25, -0.2) is 0 Å². The summed E-state index contributed by atoms with van der Waals surface area (Å²) in [4.78, 5) is 11.1. The number of rotatable bonds is 14. The van der Waals surface area contributed by atoms with Gasteiger partial charge in [0.25, 0.3) is 0 Å². The van der Waals surface area contributed by atoms with Crippen molar-refractivity contribution < 1.29 is 14.1 Å². The fourth-order valence-corrected chi connectivity index (χ4v) is 4.13. The van der Waals surface area contributed by atoms with Crippen molar-refractivity contribution in [2.75, 3.05) is 5.75 Å². The molecule has 0 spiro atoms. The number of hydrogen-bond acceptors (Lipinski definition) is 2. The summed E-state index contributed by atoms with van der Waals surface area (Å²) < 4.78 is 12.0. The molecule has 0 aromatic rings. The highest BCUT2D eigenvalue weighted by Gasteiger charge is 2.27. The Kier molecular flexibility index (Phi) is 13.1. The molecule has 0 amide bonds. The van der Waals surface area contributed by atoms with Gasteiger partial charge in [0, 0.05) is 16.6 Å². The second-order valence-corrected chi connectivity index (χ2v) is 7.95. The van der Waals surface area contributed by atoms with Gasteiger partial charge in [0.1, 0.15) is 5.25 Å². The highest BCUT2D eigenvalue weighted by molar-refractivity contribution is 7.86. The van der Waals surface area contributed by atoms with Crippen molar-refractivity contribution in [1.29, 1.82) is 0 Å². The van der Waals surface area contributed by atoms with Gasteiger partial charge in [0.15, 0.2) is 0 Å². The monoisotopic (exact) mass is 318 g/mol. The van der Waals surface area contributed by atoms with E-state index in [1.807, 2.05) is 13.8 Å². The molecular weight excluding hydrogens is 284 g/mol. The van der Waals surface area contributed by atoms with Crippen LogP contribution in [0.3, 0.4) is 0 Å². The summed E-state index contributed by atoms with van der Waals surface area (Å²) in [6.45, 7) is 5.89. The van der Waals surface area contributed by atoms with Gasteiger partial charge in [0.05, 0.1) is 0 Å². The van der Waals surface area contributed by atoms with E-state index in [2.05, 4.69) is 6.92 Å². The molecule has 1 N–H and O–H groups in total. The molecule has 2 unspecified atom stereocenters. The van der Waals surface area contributed by atoms with E-state index in [4.69, 9.17) is 5.11 Å². The summed E-state index contributed by atoms with van der Waals surface area (Å²) in [5, 5.41) is 8.38. The van der Waals surface area contributed by atoms with E-state index in [9.17, 15) is 9.00 Å². The van der Waals surface area contributed by atoms with Gasteiger partial charge < -0.3 is 5.11 Å². The van der Waals surface area contributed by atoms with Crippen molar-refractivity contribution in [2.24, 2.45) is 5.92 Å². The first kappa shape index (κ1) is 20.6. The maximum Gasteiger partial charge on any atom is 0.319 e. The molecule has 0 aliphatic rings. The normalized spacial score (nSPS) is 14.3. The second-order valence-electron chi connectivity index (χ2n) is 6.27. The Hall–Kier alpha value is -0.380. The predicted molar refractivity (Wildman–Crippen MR) is 91.1 cm³/mol. The van der Waals surface area contributed by atoms with Crippen LogP contribution in [0.1, 0.15) is 85.0 Å². The molecule has 3 nitrogen and oxygen atoms in total. The average Bonchev–Trinajstić information content (AvgIpc) is 2.40. The zero-order valence-electron chi connectivity index (χ0n) is 14.1. The first-order chi connectivity index (χ1) is 10.0. The van der Waals surface area contributed by atoms with Crippen LogP contribution in [0, 0.1) is 5.92 Å². The number of carboxylic acid groups (broad SMARTS) is 1. The molecule has 0 aromatic carbocycles. The lowest BCUT2D eigenvalue weighted by atomic mass is 10.1. The van der Waals surface area contributed by atoms with Crippen molar-refractivity contribution in [2.45, 2.75) is 90.2 Å². The third kappa shape index (κ3) is 10.9. The summed E-state index contributed by atoms with van der Waals surface area (Å²) in [6, 6.07) is 0. The standard InChI is InChI=1S/C17H34O3S/c1-4-5-6-7-8-9-10-11-12-13-14-21(20)16(15(2)3)17(18)19/h15-16H,4-14H2,1-3H3,(H,18,19). The summed E-state index contributed by atoms with van der Waals surface area (Å²) in [5.74, 6) is -0.451. The maximum atomic E-state index is 12.0. The topological polar surface area (TPSA) is 54.4 Å². The fraction of sp³-hybridized carbons (Fsp3) is 0.941. The SMILES string of the molecule is CCCCCCCCCCCCS(=O)C(C(=O)O)C(C)C. The molecule has 0 bridgehead atoms. The molecule has 4 heteroatoms. The van der Waals surface area contributed by atoms with E-state index in [0.717, 1.165) is 12.8 Å². The van der Waals surface area contributed by atoms with Crippen molar-refractivity contribution in [3.05, 3.63) is 0 Å². The number of carbonyl (C=O) groups is 1. The van der Waals surface area contributed by atoms with Gasteiger partial charge >= 0.3 is 5.97 Å². The average molecular weight is 319 g/mol. The van der Waals surface area contributed by atoms with Crippen LogP contribution in [0.5, 0.6) is 0 Å². The second kappa shape index (κ2) is 13.3. The quantitative estimate of drug-likeness (QED) is 0.470. The summed E-state index contributed by atoms with van der Waals surface area (Å²) >= 11 is 0. The van der Waals surface area contributed by atoms with E-state index in [-0.39, 0.29) is 5.92 Å². The Morgan fingerprint density at radius 2 is 1.33 bits per heavy atom. The summed E-state index contributed by atoms with van der Waals surface area (Å²) in [7, 11) is -1.23. The van der Waals surface area contributed by atoms with Gasteiger partial charge in [-0.05, 0) is 12.3 Å². The van der Waals surface area contributed by atoms with E-state index >= 15 is 0 Å². The maximum absolute atomic E-state index is 12.0. The van der Waals surface area contributed by atoms with Gasteiger partial charge in [-0.15, -0.1) is 0 Å². The Morgan fingerprint density at radius 1 is 0.905 bits per heavy atom. The van der Waals surface area contributed by atoms with Crippen LogP contribution >= 0.6 is 0 Å². The Morgan fingerprint density at radius 3 is 1.71 bits per heavy atom. The lowest BCUT2D eigenvalue weighted by Gasteiger charge is -2.15. The van der Waals surface area contributed by atoms with Crippen LogP contribution in [-0.4, -0.2) is 26.3 Å². The van der Waals surface area contributed by atoms with Crippen LogP contribution < -0.4 is 0 Å². The van der Waals surface area contributed by atoms with Gasteiger partial charge in [-0.3, -0.25) is 9.00 Å². The summed E-state index contributed by atoms with van der Waals surface area (Å²) in [5.41, 5.74) is 0. The molecule has 21 heavy (non-hydrogen) atoms.